The Morgan fingerprint density at radius 3 is 2.29 bits per heavy atom. The Bertz CT molecular complexity index is 1420. The number of benzene rings is 3. The van der Waals surface area contributed by atoms with Crippen LogP contribution in [0.1, 0.15) is 38.3 Å². The fraction of sp³-hybridized carbons (Fsp3) is 0.148. The Morgan fingerprint density at radius 1 is 1.00 bits per heavy atom. The van der Waals surface area contributed by atoms with Crippen LogP contribution in [0.2, 0.25) is 5.02 Å². The smallest absolute Gasteiger partial charge is 0.305 e. The van der Waals surface area contributed by atoms with Gasteiger partial charge >= 0.3 is 5.97 Å². The molecule has 0 saturated carbocycles. The third-order valence-electron chi connectivity index (χ3n) is 6.00. The zero-order valence-electron chi connectivity index (χ0n) is 20.1. The van der Waals surface area contributed by atoms with Gasteiger partial charge in [-0.25, -0.2) is 0 Å². The summed E-state index contributed by atoms with van der Waals surface area (Å²) in [5.41, 5.74) is 7.85. The fourth-order valence-electron chi connectivity index (χ4n) is 4.01. The number of aliphatic carboxylic acids is 1. The zero-order chi connectivity index (χ0) is 27.4. The molecule has 5 N–H and O–H groups in total. The predicted molar refractivity (Wildman–Crippen MR) is 143 cm³/mol. The molecule has 0 aliphatic carbocycles. The van der Waals surface area contributed by atoms with Crippen LogP contribution in [0.5, 0.6) is 0 Å². The van der Waals surface area contributed by atoms with Crippen molar-refractivity contribution in [1.29, 1.82) is 5.41 Å². The Labute approximate surface area is 223 Å². The maximum Gasteiger partial charge on any atom is 0.305 e. The van der Waals surface area contributed by atoms with E-state index in [2.05, 4.69) is 5.32 Å². The molecule has 0 fully saturated rings. The topological polar surface area (TPSA) is 157 Å². The number of amidine groups is 1. The number of nitrogens with one attached hydrogen (secondary N) is 2. The van der Waals surface area contributed by atoms with Gasteiger partial charge in [-0.3, -0.25) is 24.6 Å². The summed E-state index contributed by atoms with van der Waals surface area (Å²) in [5, 5.41) is 19.9. The van der Waals surface area contributed by atoms with Crippen LogP contribution < -0.4 is 16.0 Å². The number of carbonyl (C=O) groups is 4. The van der Waals surface area contributed by atoms with E-state index in [1.54, 1.807) is 48.5 Å². The maximum absolute atomic E-state index is 13.4. The molecule has 4 rings (SSSR count). The van der Waals surface area contributed by atoms with E-state index in [-0.39, 0.29) is 43.4 Å². The molecule has 11 heteroatoms. The number of rotatable bonds is 8. The lowest BCUT2D eigenvalue weighted by atomic mass is 10.1. The number of anilines is 2. The summed E-state index contributed by atoms with van der Waals surface area (Å²) in [7, 11) is 0. The molecule has 194 valence electrons. The van der Waals surface area contributed by atoms with Crippen LogP contribution in [0, 0.1) is 5.41 Å². The van der Waals surface area contributed by atoms with Crippen molar-refractivity contribution >= 4 is 52.5 Å². The lowest BCUT2D eigenvalue weighted by Gasteiger charge is -2.23. The van der Waals surface area contributed by atoms with Crippen molar-refractivity contribution in [2.75, 3.05) is 23.3 Å². The number of amides is 3. The number of carbonyl (C=O) groups excluding carboxylic acids is 3. The largest absolute Gasteiger partial charge is 0.481 e. The normalized spacial score (nSPS) is 13.1. The molecule has 1 heterocycles. The van der Waals surface area contributed by atoms with Gasteiger partial charge in [-0.05, 0) is 48.0 Å². The van der Waals surface area contributed by atoms with Crippen LogP contribution in [0.3, 0.4) is 0 Å². The molecule has 3 aromatic rings. The van der Waals surface area contributed by atoms with Gasteiger partial charge in [0, 0.05) is 28.4 Å². The van der Waals surface area contributed by atoms with Gasteiger partial charge in [0.15, 0.2) is 0 Å². The van der Waals surface area contributed by atoms with E-state index in [9.17, 15) is 19.2 Å². The number of nitrogens with zero attached hydrogens (tertiary/aromatic N) is 2. The number of fused-ring (bicyclic) bond motifs is 1. The van der Waals surface area contributed by atoms with Crippen LogP contribution >= 0.6 is 11.6 Å². The first kappa shape index (κ1) is 26.4. The van der Waals surface area contributed by atoms with Crippen LogP contribution in [0.25, 0.3) is 0 Å². The van der Waals surface area contributed by atoms with Gasteiger partial charge in [-0.2, -0.15) is 0 Å². The van der Waals surface area contributed by atoms with Gasteiger partial charge < -0.3 is 26.0 Å². The number of carboxylic acids is 1. The number of halogens is 1. The average Bonchev–Trinajstić information content (AvgIpc) is 2.98. The molecule has 0 aromatic heterocycles. The van der Waals surface area contributed by atoms with E-state index in [0.717, 1.165) is 5.56 Å². The van der Waals surface area contributed by atoms with Crippen molar-refractivity contribution in [2.45, 2.75) is 13.0 Å². The van der Waals surface area contributed by atoms with Crippen molar-refractivity contribution < 1.29 is 24.3 Å². The summed E-state index contributed by atoms with van der Waals surface area (Å²) in [5.74, 6) is -2.55. The van der Waals surface area contributed by atoms with E-state index in [1.807, 2.05) is 0 Å². The van der Waals surface area contributed by atoms with Gasteiger partial charge in [0.25, 0.3) is 11.8 Å². The molecule has 0 unspecified atom stereocenters. The van der Waals surface area contributed by atoms with E-state index in [1.165, 1.54) is 28.0 Å². The first-order chi connectivity index (χ1) is 18.1. The number of hydrogen-bond acceptors (Lipinski definition) is 5. The molecule has 0 saturated heterocycles. The Hall–Kier alpha value is -4.70. The van der Waals surface area contributed by atoms with Gasteiger partial charge in [0.2, 0.25) is 5.91 Å². The van der Waals surface area contributed by atoms with E-state index < -0.39 is 17.8 Å². The molecule has 1 aliphatic rings. The maximum atomic E-state index is 13.4. The quantitative estimate of drug-likeness (QED) is 0.257. The summed E-state index contributed by atoms with van der Waals surface area (Å²) in [4.78, 5) is 53.3. The molecular formula is C27H24ClN5O5. The summed E-state index contributed by atoms with van der Waals surface area (Å²) in [6.45, 7) is -0.275. The average molecular weight is 534 g/mol. The van der Waals surface area contributed by atoms with Crippen molar-refractivity contribution in [2.24, 2.45) is 5.73 Å². The van der Waals surface area contributed by atoms with Crippen LogP contribution in [-0.4, -0.2) is 52.6 Å². The molecular weight excluding hydrogens is 510 g/mol. The standard InChI is InChI=1S/C27H24ClN5O5/c28-19-7-1-16(2-8-19)14-33-22-10-9-20(31-26(37)18-5-3-17(4-6-18)25(29)30)13-21(22)27(38)32(15-23(33)34)12-11-24(35)36/h1-10,13H,11-12,14-15H2,(H3,29,30)(H,31,37)(H,35,36). The van der Waals surface area contributed by atoms with E-state index >= 15 is 0 Å². The Morgan fingerprint density at radius 2 is 1.66 bits per heavy atom. The summed E-state index contributed by atoms with van der Waals surface area (Å²) >= 11 is 5.98. The molecule has 0 spiro atoms. The van der Waals surface area contributed by atoms with Crippen LogP contribution in [0.4, 0.5) is 11.4 Å². The minimum atomic E-state index is -1.09. The highest BCUT2D eigenvalue weighted by molar-refractivity contribution is 6.30. The highest BCUT2D eigenvalue weighted by atomic mass is 35.5. The molecule has 38 heavy (non-hydrogen) atoms. The predicted octanol–water partition coefficient (Wildman–Crippen LogP) is 3.34. The minimum Gasteiger partial charge on any atom is -0.481 e. The van der Waals surface area contributed by atoms with Gasteiger partial charge in [0.05, 0.1) is 24.2 Å². The van der Waals surface area contributed by atoms with Crippen molar-refractivity contribution in [3.05, 3.63) is 94.0 Å². The lowest BCUT2D eigenvalue weighted by molar-refractivity contribution is -0.137. The fourth-order valence-corrected chi connectivity index (χ4v) is 4.13. The Balaban J connectivity index is 1.66. The summed E-state index contributed by atoms with van der Waals surface area (Å²) in [6.07, 6.45) is -0.321. The molecule has 0 bridgehead atoms. The van der Waals surface area contributed by atoms with Gasteiger partial charge in [-0.1, -0.05) is 35.9 Å². The van der Waals surface area contributed by atoms with E-state index in [0.29, 0.717) is 27.5 Å². The molecule has 1 aliphatic heterocycles. The lowest BCUT2D eigenvalue weighted by Crippen LogP contribution is -2.40. The monoisotopic (exact) mass is 533 g/mol. The second kappa shape index (κ2) is 11.1. The zero-order valence-corrected chi connectivity index (χ0v) is 20.9. The molecule has 3 amide bonds. The highest BCUT2D eigenvalue weighted by Crippen LogP contribution is 2.30. The van der Waals surface area contributed by atoms with Crippen molar-refractivity contribution in [1.82, 2.24) is 4.90 Å². The SMILES string of the molecule is N=C(N)c1ccc(C(=O)Nc2ccc3c(c2)C(=O)N(CCC(=O)O)CC(=O)N3Cc2ccc(Cl)cc2)cc1. The number of hydrogen-bond donors (Lipinski definition) is 4. The molecule has 3 aromatic carbocycles. The van der Waals surface area contributed by atoms with Crippen LogP contribution in [-0.2, 0) is 16.1 Å². The van der Waals surface area contributed by atoms with Crippen molar-refractivity contribution in [3.8, 4) is 0 Å². The summed E-state index contributed by atoms with van der Waals surface area (Å²) in [6, 6.07) is 17.8. The second-order valence-electron chi connectivity index (χ2n) is 8.65. The van der Waals surface area contributed by atoms with Gasteiger partial charge in [0.1, 0.15) is 12.4 Å². The summed E-state index contributed by atoms with van der Waals surface area (Å²) < 4.78 is 0. The first-order valence-corrected chi connectivity index (χ1v) is 12.0. The third-order valence-corrected chi connectivity index (χ3v) is 6.25. The van der Waals surface area contributed by atoms with Gasteiger partial charge in [-0.15, -0.1) is 0 Å². The Kier molecular flexibility index (Phi) is 7.73. The number of carboxylic acid groups (broad SMARTS) is 1. The van der Waals surface area contributed by atoms with Crippen molar-refractivity contribution in [3.63, 3.8) is 0 Å². The molecule has 0 radical (unpaired) electrons. The number of nitrogens with two attached hydrogens (primary N) is 1. The van der Waals surface area contributed by atoms with E-state index in [4.69, 9.17) is 27.9 Å². The molecule has 10 nitrogen and oxygen atoms in total. The number of nitrogen functional groups attached to an aromatic ring is 1. The molecule has 0 atom stereocenters. The first-order valence-electron chi connectivity index (χ1n) is 11.6. The highest BCUT2D eigenvalue weighted by Gasteiger charge is 2.32. The second-order valence-corrected chi connectivity index (χ2v) is 9.09. The third kappa shape index (κ3) is 5.98. The van der Waals surface area contributed by atoms with Crippen LogP contribution in [0.15, 0.2) is 66.7 Å². The minimum absolute atomic E-state index is 0.119.